The van der Waals surface area contributed by atoms with Gasteiger partial charge in [0.05, 0.1) is 4.47 Å². The maximum Gasteiger partial charge on any atom is 0.263 e. The van der Waals surface area contributed by atoms with Crippen molar-refractivity contribution < 1.29 is 9.53 Å². The van der Waals surface area contributed by atoms with E-state index in [9.17, 15) is 4.79 Å². The minimum Gasteiger partial charge on any atom is -0.479 e. The van der Waals surface area contributed by atoms with Gasteiger partial charge in [-0.25, -0.2) is 0 Å². The standard InChI is InChI=1S/C17H25BrN2O2/c1-12(2)16(22-15-9-5-4-8-14(15)18)17(21)20-10-6-7-13(11-20)19-3/h4-5,8-9,12-13,16,19H,6-7,10-11H2,1-3H3. The molecule has 0 saturated carbocycles. The predicted molar refractivity (Wildman–Crippen MR) is 92.1 cm³/mol. The lowest BCUT2D eigenvalue weighted by Crippen LogP contribution is -2.52. The number of para-hydroxylation sites is 1. The van der Waals surface area contributed by atoms with Crippen LogP contribution in [0.1, 0.15) is 26.7 Å². The molecule has 1 fully saturated rings. The molecule has 1 aromatic carbocycles. The van der Waals surface area contributed by atoms with Gasteiger partial charge in [0.15, 0.2) is 6.10 Å². The number of carbonyl (C=O) groups is 1. The summed E-state index contributed by atoms with van der Waals surface area (Å²) >= 11 is 3.48. The number of halogens is 1. The molecule has 22 heavy (non-hydrogen) atoms. The summed E-state index contributed by atoms with van der Waals surface area (Å²) in [6.07, 6.45) is 1.71. The number of likely N-dealkylation sites (N-methyl/N-ethyl adjacent to an activating group) is 1. The third-order valence-corrected chi connectivity index (χ3v) is 4.74. The molecule has 122 valence electrons. The van der Waals surface area contributed by atoms with Crippen LogP contribution in [0.25, 0.3) is 0 Å². The quantitative estimate of drug-likeness (QED) is 0.868. The number of rotatable bonds is 5. The first-order valence-corrected chi connectivity index (χ1v) is 8.69. The molecule has 5 heteroatoms. The highest BCUT2D eigenvalue weighted by atomic mass is 79.9. The zero-order valence-electron chi connectivity index (χ0n) is 13.5. The third-order valence-electron chi connectivity index (χ3n) is 4.08. The number of likely N-dealkylation sites (tertiary alicyclic amines) is 1. The van der Waals surface area contributed by atoms with Crippen molar-refractivity contribution in [3.63, 3.8) is 0 Å². The molecule has 1 aliphatic heterocycles. The number of ether oxygens (including phenoxy) is 1. The van der Waals surface area contributed by atoms with E-state index >= 15 is 0 Å². The van der Waals surface area contributed by atoms with E-state index in [0.717, 1.165) is 36.2 Å². The van der Waals surface area contributed by atoms with Crippen molar-refractivity contribution >= 4 is 21.8 Å². The number of piperidine rings is 1. The van der Waals surface area contributed by atoms with Crippen LogP contribution in [0.5, 0.6) is 5.75 Å². The van der Waals surface area contributed by atoms with Crippen LogP contribution in [0.4, 0.5) is 0 Å². The molecule has 1 aromatic rings. The van der Waals surface area contributed by atoms with E-state index in [-0.39, 0.29) is 11.8 Å². The van der Waals surface area contributed by atoms with Gasteiger partial charge in [-0.3, -0.25) is 4.79 Å². The van der Waals surface area contributed by atoms with Crippen LogP contribution in [-0.4, -0.2) is 43.1 Å². The van der Waals surface area contributed by atoms with Crippen molar-refractivity contribution in [2.75, 3.05) is 20.1 Å². The van der Waals surface area contributed by atoms with Gasteiger partial charge in [-0.15, -0.1) is 0 Å². The minimum absolute atomic E-state index is 0.0886. The van der Waals surface area contributed by atoms with Crippen LogP contribution >= 0.6 is 15.9 Å². The van der Waals surface area contributed by atoms with Gasteiger partial charge in [0.2, 0.25) is 0 Å². The molecule has 2 unspecified atom stereocenters. The van der Waals surface area contributed by atoms with E-state index in [4.69, 9.17) is 4.74 Å². The summed E-state index contributed by atoms with van der Waals surface area (Å²) in [6, 6.07) is 8.05. The Hall–Kier alpha value is -1.07. The normalized spacial score (nSPS) is 20.0. The maximum absolute atomic E-state index is 12.9. The predicted octanol–water partition coefficient (Wildman–Crippen LogP) is 3.06. The van der Waals surface area contributed by atoms with Crippen molar-refractivity contribution in [1.82, 2.24) is 10.2 Å². The number of amides is 1. The summed E-state index contributed by atoms with van der Waals surface area (Å²) < 4.78 is 6.91. The van der Waals surface area contributed by atoms with Gasteiger partial charge < -0.3 is 15.0 Å². The highest BCUT2D eigenvalue weighted by Gasteiger charge is 2.32. The fourth-order valence-electron chi connectivity index (χ4n) is 2.74. The fourth-order valence-corrected chi connectivity index (χ4v) is 3.12. The molecule has 0 spiro atoms. The number of nitrogens with zero attached hydrogens (tertiary/aromatic N) is 1. The van der Waals surface area contributed by atoms with Gasteiger partial charge >= 0.3 is 0 Å². The molecular formula is C17H25BrN2O2. The van der Waals surface area contributed by atoms with Crippen LogP contribution in [-0.2, 0) is 4.79 Å². The summed E-state index contributed by atoms with van der Waals surface area (Å²) in [6.45, 7) is 5.63. The summed E-state index contributed by atoms with van der Waals surface area (Å²) in [5.41, 5.74) is 0. The Morgan fingerprint density at radius 3 is 2.77 bits per heavy atom. The van der Waals surface area contributed by atoms with Crippen molar-refractivity contribution in [3.8, 4) is 5.75 Å². The number of hydrogen-bond donors (Lipinski definition) is 1. The summed E-state index contributed by atoms with van der Waals surface area (Å²) in [4.78, 5) is 14.8. The largest absolute Gasteiger partial charge is 0.479 e. The molecule has 1 heterocycles. The van der Waals surface area contributed by atoms with Crippen LogP contribution in [0, 0.1) is 5.92 Å². The zero-order valence-corrected chi connectivity index (χ0v) is 15.1. The first-order valence-electron chi connectivity index (χ1n) is 7.90. The number of benzene rings is 1. The molecule has 1 amide bonds. The average molecular weight is 369 g/mol. The first kappa shape index (κ1) is 17.3. The van der Waals surface area contributed by atoms with Gasteiger partial charge in [-0.05, 0) is 53.9 Å². The molecule has 0 radical (unpaired) electrons. The molecule has 0 aliphatic carbocycles. The topological polar surface area (TPSA) is 41.6 Å². The highest BCUT2D eigenvalue weighted by molar-refractivity contribution is 9.10. The molecule has 4 nitrogen and oxygen atoms in total. The molecule has 2 rings (SSSR count). The highest BCUT2D eigenvalue weighted by Crippen LogP contribution is 2.27. The lowest BCUT2D eigenvalue weighted by Gasteiger charge is -2.35. The van der Waals surface area contributed by atoms with Gasteiger partial charge in [-0.1, -0.05) is 26.0 Å². The fraction of sp³-hybridized carbons (Fsp3) is 0.588. The Labute approximate surface area is 141 Å². The third kappa shape index (κ3) is 4.23. The monoisotopic (exact) mass is 368 g/mol. The van der Waals surface area contributed by atoms with E-state index in [0.29, 0.717) is 6.04 Å². The minimum atomic E-state index is -0.450. The summed E-state index contributed by atoms with van der Waals surface area (Å²) in [5, 5.41) is 3.27. The number of carbonyl (C=O) groups excluding carboxylic acids is 1. The Morgan fingerprint density at radius 1 is 1.41 bits per heavy atom. The molecule has 1 saturated heterocycles. The average Bonchev–Trinajstić information content (AvgIpc) is 2.53. The molecule has 0 aromatic heterocycles. The van der Waals surface area contributed by atoms with Crippen LogP contribution in [0.2, 0.25) is 0 Å². The number of nitrogens with one attached hydrogen (secondary N) is 1. The lowest BCUT2D eigenvalue weighted by atomic mass is 10.0. The molecule has 1 aliphatic rings. The van der Waals surface area contributed by atoms with Crippen molar-refractivity contribution in [3.05, 3.63) is 28.7 Å². The Morgan fingerprint density at radius 2 is 2.14 bits per heavy atom. The SMILES string of the molecule is CNC1CCCN(C(=O)C(Oc2ccccc2Br)C(C)C)C1. The Balaban J connectivity index is 2.10. The van der Waals surface area contributed by atoms with E-state index in [1.165, 1.54) is 0 Å². The van der Waals surface area contributed by atoms with E-state index in [1.807, 2.05) is 50.1 Å². The maximum atomic E-state index is 12.9. The van der Waals surface area contributed by atoms with Crippen molar-refractivity contribution in [1.29, 1.82) is 0 Å². The second kappa shape index (κ2) is 7.97. The first-order chi connectivity index (χ1) is 10.5. The molecule has 2 atom stereocenters. The Bertz CT molecular complexity index is 507. The molecule has 0 bridgehead atoms. The second-order valence-corrected chi connectivity index (χ2v) is 6.98. The van der Waals surface area contributed by atoms with E-state index in [2.05, 4.69) is 21.2 Å². The van der Waals surface area contributed by atoms with E-state index in [1.54, 1.807) is 0 Å². The van der Waals surface area contributed by atoms with Crippen LogP contribution < -0.4 is 10.1 Å². The van der Waals surface area contributed by atoms with Crippen LogP contribution in [0.15, 0.2) is 28.7 Å². The van der Waals surface area contributed by atoms with Crippen molar-refractivity contribution in [2.24, 2.45) is 5.92 Å². The smallest absolute Gasteiger partial charge is 0.263 e. The van der Waals surface area contributed by atoms with E-state index < -0.39 is 6.10 Å². The van der Waals surface area contributed by atoms with Gasteiger partial charge in [0.25, 0.3) is 5.91 Å². The summed E-state index contributed by atoms with van der Waals surface area (Å²) in [5.74, 6) is 0.928. The van der Waals surface area contributed by atoms with Crippen LogP contribution in [0.3, 0.4) is 0 Å². The molecular weight excluding hydrogens is 344 g/mol. The zero-order chi connectivity index (χ0) is 16.1. The lowest BCUT2D eigenvalue weighted by molar-refractivity contribution is -0.142. The van der Waals surface area contributed by atoms with Gasteiger partial charge in [0, 0.05) is 19.1 Å². The number of hydrogen-bond acceptors (Lipinski definition) is 3. The Kier molecular flexibility index (Phi) is 6.26. The summed E-state index contributed by atoms with van der Waals surface area (Å²) in [7, 11) is 1.95. The molecule has 1 N–H and O–H groups in total. The second-order valence-electron chi connectivity index (χ2n) is 6.12. The van der Waals surface area contributed by atoms with Crippen molar-refractivity contribution in [2.45, 2.75) is 38.8 Å². The van der Waals surface area contributed by atoms with Gasteiger partial charge in [0.1, 0.15) is 5.75 Å². The van der Waals surface area contributed by atoms with Gasteiger partial charge in [-0.2, -0.15) is 0 Å².